The summed E-state index contributed by atoms with van der Waals surface area (Å²) < 4.78 is 13.8. The minimum atomic E-state index is -0.590. The van der Waals surface area contributed by atoms with Gasteiger partial charge < -0.3 is 5.32 Å². The van der Waals surface area contributed by atoms with E-state index < -0.39 is 6.67 Å². The molecule has 0 aliphatic carbocycles. The van der Waals surface area contributed by atoms with Crippen molar-refractivity contribution in [2.75, 3.05) is 5.32 Å². The van der Waals surface area contributed by atoms with Gasteiger partial charge >= 0.3 is 0 Å². The number of fused-ring (bicyclic) bond motifs is 1. The number of alkyl halides is 1. The number of nitrogens with one attached hydrogen (secondary N) is 2. The zero-order chi connectivity index (χ0) is 24.3. The van der Waals surface area contributed by atoms with Gasteiger partial charge in [-0.25, -0.2) is 14.4 Å². The van der Waals surface area contributed by atoms with Crippen molar-refractivity contribution in [3.8, 4) is 33.8 Å². The van der Waals surface area contributed by atoms with Gasteiger partial charge in [0, 0.05) is 16.5 Å². The number of hydrogen-bond donors (Lipinski definition) is 2. The highest BCUT2D eigenvalue weighted by Gasteiger charge is 2.19. The lowest BCUT2D eigenvalue weighted by Crippen LogP contribution is -2.01. The summed E-state index contributed by atoms with van der Waals surface area (Å²) in [4.78, 5) is 9.59. The predicted octanol–water partition coefficient (Wildman–Crippen LogP) is 7.57. The van der Waals surface area contributed by atoms with Crippen molar-refractivity contribution in [1.82, 2.24) is 20.2 Å². The van der Waals surface area contributed by atoms with E-state index in [0.717, 1.165) is 33.3 Å². The van der Waals surface area contributed by atoms with Crippen LogP contribution in [0.2, 0.25) is 0 Å². The van der Waals surface area contributed by atoms with E-state index >= 15 is 0 Å². The van der Waals surface area contributed by atoms with Gasteiger partial charge in [0.05, 0.1) is 16.8 Å². The maximum absolute atomic E-state index is 13.8. The quantitative estimate of drug-likeness (QED) is 0.263. The number of rotatable bonds is 6. The molecule has 0 amide bonds. The summed E-state index contributed by atoms with van der Waals surface area (Å²) in [6.07, 6.45) is 0. The van der Waals surface area contributed by atoms with Gasteiger partial charge in [0.1, 0.15) is 12.5 Å². The number of H-pyrrole nitrogens is 1. The summed E-state index contributed by atoms with van der Waals surface area (Å²) >= 11 is 0. The Kier molecular flexibility index (Phi) is 5.68. The van der Waals surface area contributed by atoms with Crippen molar-refractivity contribution < 1.29 is 4.39 Å². The van der Waals surface area contributed by atoms with Gasteiger partial charge in [0.25, 0.3) is 0 Å². The molecule has 0 spiro atoms. The first kappa shape index (κ1) is 21.7. The minimum Gasteiger partial charge on any atom is -0.322 e. The molecule has 0 unspecified atom stereocenters. The lowest BCUT2D eigenvalue weighted by atomic mass is 10.0. The van der Waals surface area contributed by atoms with Crippen molar-refractivity contribution >= 4 is 22.5 Å². The number of anilines is 2. The maximum atomic E-state index is 13.8. The van der Waals surface area contributed by atoms with Gasteiger partial charge in [-0.15, -0.1) is 0 Å². The lowest BCUT2D eigenvalue weighted by molar-refractivity contribution is 0.486. The van der Waals surface area contributed by atoms with Crippen LogP contribution in [0.5, 0.6) is 0 Å². The van der Waals surface area contributed by atoms with Crippen LogP contribution in [0.3, 0.4) is 0 Å². The van der Waals surface area contributed by atoms with Gasteiger partial charge in [0.2, 0.25) is 0 Å². The Morgan fingerprint density at radius 1 is 0.667 bits per heavy atom. The highest BCUT2D eigenvalue weighted by molar-refractivity contribution is 5.96. The van der Waals surface area contributed by atoms with Gasteiger partial charge in [-0.1, -0.05) is 97.1 Å². The average molecular weight is 472 g/mol. The molecule has 5 nitrogen and oxygen atoms in total. The smallest absolute Gasteiger partial charge is 0.162 e. The van der Waals surface area contributed by atoms with Crippen LogP contribution in [-0.4, -0.2) is 20.2 Å². The maximum Gasteiger partial charge on any atom is 0.162 e. The van der Waals surface area contributed by atoms with E-state index in [2.05, 4.69) is 39.8 Å². The average Bonchev–Trinajstić information content (AvgIpc) is 3.37. The second kappa shape index (κ2) is 9.43. The monoisotopic (exact) mass is 471 g/mol. The summed E-state index contributed by atoms with van der Waals surface area (Å²) in [6.45, 7) is -0.590. The third-order valence-electron chi connectivity index (χ3n) is 6.13. The molecule has 2 N–H and O–H groups in total. The molecule has 6 rings (SSSR count). The number of halogens is 1. The van der Waals surface area contributed by atoms with Crippen molar-refractivity contribution in [2.24, 2.45) is 0 Å². The molecule has 0 radical (unpaired) electrons. The molecule has 174 valence electrons. The predicted molar refractivity (Wildman–Crippen MR) is 143 cm³/mol. The molecule has 0 saturated heterocycles. The van der Waals surface area contributed by atoms with Crippen LogP contribution in [0.15, 0.2) is 109 Å². The Morgan fingerprint density at radius 3 is 2.11 bits per heavy atom. The molecule has 0 bridgehead atoms. The van der Waals surface area contributed by atoms with E-state index in [9.17, 15) is 4.39 Å². The molecule has 6 heteroatoms. The Labute approximate surface area is 207 Å². The fourth-order valence-electron chi connectivity index (χ4n) is 4.39. The molecule has 0 saturated carbocycles. The number of nitrogens with zero attached hydrogens (tertiary/aromatic N) is 3. The van der Waals surface area contributed by atoms with Gasteiger partial charge in [-0.2, -0.15) is 5.10 Å². The lowest BCUT2D eigenvalue weighted by Gasteiger charge is -2.13. The van der Waals surface area contributed by atoms with Crippen molar-refractivity contribution in [2.45, 2.75) is 6.67 Å². The molecular formula is C30H22FN5. The van der Waals surface area contributed by atoms with Crippen LogP contribution in [0, 0.1) is 0 Å². The van der Waals surface area contributed by atoms with Crippen LogP contribution in [-0.2, 0) is 6.67 Å². The van der Waals surface area contributed by atoms with E-state index in [1.165, 1.54) is 0 Å². The number of benzene rings is 4. The zero-order valence-electron chi connectivity index (χ0n) is 19.3. The van der Waals surface area contributed by atoms with Crippen molar-refractivity contribution in [1.29, 1.82) is 0 Å². The molecule has 2 heterocycles. The second-order valence-electron chi connectivity index (χ2n) is 8.38. The normalized spacial score (nSPS) is 11.0. The summed E-state index contributed by atoms with van der Waals surface area (Å²) in [6, 6.07) is 35.3. The van der Waals surface area contributed by atoms with Crippen LogP contribution >= 0.6 is 0 Å². The molecule has 0 atom stereocenters. The van der Waals surface area contributed by atoms with Crippen molar-refractivity contribution in [3.05, 3.63) is 115 Å². The van der Waals surface area contributed by atoms with E-state index in [1.807, 2.05) is 78.9 Å². The van der Waals surface area contributed by atoms with E-state index in [4.69, 9.17) is 9.97 Å². The summed E-state index contributed by atoms with van der Waals surface area (Å²) in [7, 11) is 0. The zero-order valence-corrected chi connectivity index (χ0v) is 19.3. The molecular weight excluding hydrogens is 449 g/mol. The first-order valence-electron chi connectivity index (χ1n) is 11.7. The van der Waals surface area contributed by atoms with E-state index in [-0.39, 0.29) is 0 Å². The van der Waals surface area contributed by atoms with Gasteiger partial charge in [0.15, 0.2) is 11.6 Å². The fourth-order valence-corrected chi connectivity index (χ4v) is 4.39. The SMILES string of the molecule is FCc1ccccc1-c1nc(Nc2n[nH]c(-c3ccccc3)c2-c2ccccc2)c2ccccc2n1. The second-order valence-corrected chi connectivity index (χ2v) is 8.38. The van der Waals surface area contributed by atoms with E-state index in [0.29, 0.717) is 28.6 Å². The molecule has 2 aromatic heterocycles. The highest BCUT2D eigenvalue weighted by Crippen LogP contribution is 2.38. The molecule has 36 heavy (non-hydrogen) atoms. The topological polar surface area (TPSA) is 66.5 Å². The van der Waals surface area contributed by atoms with Crippen LogP contribution in [0.1, 0.15) is 5.56 Å². The Bertz CT molecular complexity index is 1650. The van der Waals surface area contributed by atoms with Crippen LogP contribution in [0.25, 0.3) is 44.7 Å². The van der Waals surface area contributed by atoms with Crippen molar-refractivity contribution in [3.63, 3.8) is 0 Å². The van der Waals surface area contributed by atoms with Crippen LogP contribution in [0.4, 0.5) is 16.0 Å². The standard InChI is InChI=1S/C30H22FN5/c31-19-22-15-7-8-16-23(22)28-32-25-18-10-9-17-24(25)29(33-28)34-30-26(20-11-3-1-4-12-20)27(35-36-30)21-13-5-2-6-14-21/h1-18H,19H2,(H2,32,33,34,35,36). The number of aromatic amines is 1. The Hall–Kier alpha value is -4.84. The number of para-hydroxylation sites is 1. The molecule has 4 aromatic carbocycles. The fraction of sp³-hybridized carbons (Fsp3) is 0.0333. The first-order valence-corrected chi connectivity index (χ1v) is 11.7. The third kappa shape index (κ3) is 3.99. The number of hydrogen-bond acceptors (Lipinski definition) is 4. The van der Waals surface area contributed by atoms with E-state index in [1.54, 1.807) is 6.07 Å². The van der Waals surface area contributed by atoms with Gasteiger partial charge in [-0.3, -0.25) is 5.10 Å². The molecule has 0 aliphatic rings. The highest BCUT2D eigenvalue weighted by atomic mass is 19.1. The summed E-state index contributed by atoms with van der Waals surface area (Å²) in [5, 5.41) is 12.2. The third-order valence-corrected chi connectivity index (χ3v) is 6.13. The summed E-state index contributed by atoms with van der Waals surface area (Å²) in [5.41, 5.74) is 5.88. The molecule has 0 fully saturated rings. The molecule has 6 aromatic rings. The first-order chi connectivity index (χ1) is 17.8. The minimum absolute atomic E-state index is 0.463. The molecule has 0 aliphatic heterocycles. The van der Waals surface area contributed by atoms with Crippen LogP contribution < -0.4 is 5.32 Å². The van der Waals surface area contributed by atoms with Gasteiger partial charge in [-0.05, 0) is 23.3 Å². The Balaban J connectivity index is 1.53. The number of aromatic nitrogens is 4. The Morgan fingerprint density at radius 2 is 1.33 bits per heavy atom. The largest absolute Gasteiger partial charge is 0.322 e. The summed E-state index contributed by atoms with van der Waals surface area (Å²) in [5.74, 6) is 1.71.